The van der Waals surface area contributed by atoms with Gasteiger partial charge in [-0.3, -0.25) is 0 Å². The van der Waals surface area contributed by atoms with Crippen molar-refractivity contribution in [3.63, 3.8) is 0 Å². The van der Waals surface area contributed by atoms with Gasteiger partial charge in [-0.2, -0.15) is 0 Å². The van der Waals surface area contributed by atoms with Crippen LogP contribution >= 0.6 is 31.9 Å². The van der Waals surface area contributed by atoms with Gasteiger partial charge in [0, 0.05) is 16.1 Å². The molecule has 0 bridgehead atoms. The van der Waals surface area contributed by atoms with E-state index in [1.807, 2.05) is 25.1 Å². The minimum absolute atomic E-state index is 0.0889. The molecule has 0 amide bonds. The highest BCUT2D eigenvalue weighted by atomic mass is 79.9. The lowest BCUT2D eigenvalue weighted by molar-refractivity contribution is 0.511. The van der Waals surface area contributed by atoms with Crippen LogP contribution in [0, 0.1) is 18.6 Å². The molecular formula is C16H15Br2F2N. The molecule has 2 rings (SSSR count). The summed E-state index contributed by atoms with van der Waals surface area (Å²) in [4.78, 5) is 0. The predicted molar refractivity (Wildman–Crippen MR) is 88.4 cm³/mol. The van der Waals surface area contributed by atoms with Crippen molar-refractivity contribution in [1.29, 1.82) is 0 Å². The Morgan fingerprint density at radius 1 is 1.14 bits per heavy atom. The van der Waals surface area contributed by atoms with Crippen LogP contribution in [0.4, 0.5) is 8.78 Å². The fraction of sp³-hybridized carbons (Fsp3) is 0.250. The van der Waals surface area contributed by atoms with Gasteiger partial charge in [0.1, 0.15) is 11.6 Å². The van der Waals surface area contributed by atoms with Gasteiger partial charge >= 0.3 is 0 Å². The molecule has 0 saturated carbocycles. The van der Waals surface area contributed by atoms with E-state index < -0.39 is 11.6 Å². The number of hydrogen-bond acceptors (Lipinski definition) is 1. The van der Waals surface area contributed by atoms with Crippen molar-refractivity contribution < 1.29 is 8.78 Å². The maximum absolute atomic E-state index is 14.1. The van der Waals surface area contributed by atoms with Crippen LogP contribution in [0.2, 0.25) is 0 Å². The summed E-state index contributed by atoms with van der Waals surface area (Å²) >= 11 is 6.52. The molecule has 0 fully saturated rings. The SMILES string of the molecule is CNC(Cc1c(F)ccc(Br)c1F)c1ccc(Br)cc1C. The smallest absolute Gasteiger partial charge is 0.143 e. The van der Waals surface area contributed by atoms with Gasteiger partial charge in [0.2, 0.25) is 0 Å². The second-order valence-corrected chi connectivity index (χ2v) is 6.64. The van der Waals surface area contributed by atoms with E-state index in [1.54, 1.807) is 7.05 Å². The Labute approximate surface area is 140 Å². The van der Waals surface area contributed by atoms with Gasteiger partial charge in [-0.05, 0) is 71.7 Å². The summed E-state index contributed by atoms with van der Waals surface area (Å²) in [5.74, 6) is -1.06. The Balaban J connectivity index is 2.38. The molecule has 2 aromatic carbocycles. The molecule has 1 atom stereocenters. The highest BCUT2D eigenvalue weighted by Gasteiger charge is 2.19. The molecule has 0 aliphatic heterocycles. The van der Waals surface area contributed by atoms with Gasteiger partial charge in [0.05, 0.1) is 4.47 Å². The van der Waals surface area contributed by atoms with Gasteiger partial charge in [-0.1, -0.05) is 22.0 Å². The molecule has 0 aliphatic rings. The molecule has 21 heavy (non-hydrogen) atoms. The lowest BCUT2D eigenvalue weighted by atomic mass is 9.95. The maximum Gasteiger partial charge on any atom is 0.143 e. The molecule has 5 heteroatoms. The van der Waals surface area contributed by atoms with E-state index in [1.165, 1.54) is 12.1 Å². The lowest BCUT2D eigenvalue weighted by Crippen LogP contribution is -2.21. The largest absolute Gasteiger partial charge is 0.313 e. The van der Waals surface area contributed by atoms with E-state index in [2.05, 4.69) is 37.2 Å². The van der Waals surface area contributed by atoms with Gasteiger partial charge in [-0.25, -0.2) is 8.78 Å². The van der Waals surface area contributed by atoms with Crippen molar-refractivity contribution in [2.75, 3.05) is 7.05 Å². The highest BCUT2D eigenvalue weighted by molar-refractivity contribution is 9.10. The second kappa shape index (κ2) is 6.99. The molecule has 0 radical (unpaired) electrons. The van der Waals surface area contributed by atoms with E-state index >= 15 is 0 Å². The van der Waals surface area contributed by atoms with E-state index in [0.29, 0.717) is 0 Å². The van der Waals surface area contributed by atoms with Gasteiger partial charge in [-0.15, -0.1) is 0 Å². The predicted octanol–water partition coefficient (Wildman–Crippen LogP) is 5.30. The number of halogens is 4. The molecule has 2 aromatic rings. The van der Waals surface area contributed by atoms with E-state index in [-0.39, 0.29) is 22.5 Å². The van der Waals surface area contributed by atoms with Crippen molar-refractivity contribution in [3.8, 4) is 0 Å². The topological polar surface area (TPSA) is 12.0 Å². The van der Waals surface area contributed by atoms with Crippen LogP contribution < -0.4 is 5.32 Å². The first-order valence-corrected chi connectivity index (χ1v) is 8.08. The molecule has 1 nitrogen and oxygen atoms in total. The Hall–Kier alpha value is -0.780. The number of hydrogen-bond donors (Lipinski definition) is 1. The molecule has 0 heterocycles. The van der Waals surface area contributed by atoms with E-state index in [0.717, 1.165) is 15.6 Å². The molecular weight excluding hydrogens is 404 g/mol. The molecule has 1 unspecified atom stereocenters. The van der Waals surface area contributed by atoms with Crippen LogP contribution in [-0.2, 0) is 6.42 Å². The normalized spacial score (nSPS) is 12.5. The molecule has 1 N–H and O–H groups in total. The number of aryl methyl sites for hydroxylation is 1. The van der Waals surface area contributed by atoms with Crippen LogP contribution in [0.5, 0.6) is 0 Å². The minimum Gasteiger partial charge on any atom is -0.313 e. The number of benzene rings is 2. The summed E-state index contributed by atoms with van der Waals surface area (Å²) in [6, 6.07) is 8.40. The van der Waals surface area contributed by atoms with Crippen LogP contribution in [0.15, 0.2) is 39.3 Å². The van der Waals surface area contributed by atoms with Crippen LogP contribution in [0.3, 0.4) is 0 Å². The van der Waals surface area contributed by atoms with Crippen molar-refractivity contribution >= 4 is 31.9 Å². The third kappa shape index (κ3) is 3.71. The monoisotopic (exact) mass is 417 g/mol. The van der Waals surface area contributed by atoms with Crippen molar-refractivity contribution in [3.05, 3.63) is 67.6 Å². The lowest BCUT2D eigenvalue weighted by Gasteiger charge is -2.20. The molecule has 0 saturated heterocycles. The van der Waals surface area contributed by atoms with Crippen molar-refractivity contribution in [2.24, 2.45) is 0 Å². The number of rotatable bonds is 4. The maximum atomic E-state index is 14.1. The summed E-state index contributed by atoms with van der Waals surface area (Å²) < 4.78 is 29.3. The number of likely N-dealkylation sites (N-methyl/N-ethyl adjacent to an activating group) is 1. The molecule has 0 aromatic heterocycles. The third-order valence-electron chi connectivity index (χ3n) is 3.50. The summed E-state index contributed by atoms with van der Waals surface area (Å²) in [7, 11) is 1.79. The summed E-state index contributed by atoms with van der Waals surface area (Å²) in [6.45, 7) is 1.98. The average Bonchev–Trinajstić information content (AvgIpc) is 2.44. The summed E-state index contributed by atoms with van der Waals surface area (Å²) in [6.07, 6.45) is 0.246. The Kier molecular flexibility index (Phi) is 5.52. The Morgan fingerprint density at radius 2 is 1.86 bits per heavy atom. The highest BCUT2D eigenvalue weighted by Crippen LogP contribution is 2.28. The molecule has 0 spiro atoms. The third-order valence-corrected chi connectivity index (χ3v) is 4.61. The van der Waals surface area contributed by atoms with E-state index in [4.69, 9.17) is 0 Å². The van der Waals surface area contributed by atoms with Crippen molar-refractivity contribution in [2.45, 2.75) is 19.4 Å². The first kappa shape index (κ1) is 16.6. The van der Waals surface area contributed by atoms with Crippen LogP contribution in [-0.4, -0.2) is 7.05 Å². The van der Waals surface area contributed by atoms with Crippen molar-refractivity contribution in [1.82, 2.24) is 5.32 Å². The zero-order chi connectivity index (χ0) is 15.6. The standard InChI is InChI=1S/C16H15Br2F2N/c1-9-7-10(17)3-4-11(9)15(21-2)8-12-14(19)6-5-13(18)16(12)20/h3-7,15,21H,8H2,1-2H3. The fourth-order valence-corrected chi connectivity index (χ4v) is 3.20. The second-order valence-electron chi connectivity index (χ2n) is 4.87. The fourth-order valence-electron chi connectivity index (χ4n) is 2.36. The Morgan fingerprint density at radius 3 is 2.48 bits per heavy atom. The van der Waals surface area contributed by atoms with Gasteiger partial charge < -0.3 is 5.32 Å². The number of nitrogens with one attached hydrogen (secondary N) is 1. The summed E-state index contributed by atoms with van der Waals surface area (Å²) in [5, 5.41) is 3.14. The van der Waals surface area contributed by atoms with Gasteiger partial charge in [0.15, 0.2) is 0 Å². The van der Waals surface area contributed by atoms with Crippen LogP contribution in [0.1, 0.15) is 22.7 Å². The van der Waals surface area contributed by atoms with Crippen LogP contribution in [0.25, 0.3) is 0 Å². The zero-order valence-corrected chi connectivity index (χ0v) is 14.9. The molecule has 112 valence electrons. The first-order chi connectivity index (χ1) is 9.93. The zero-order valence-electron chi connectivity index (χ0n) is 11.7. The first-order valence-electron chi connectivity index (χ1n) is 6.49. The Bertz CT molecular complexity index is 659. The summed E-state index contributed by atoms with van der Waals surface area (Å²) in [5.41, 5.74) is 2.19. The quantitative estimate of drug-likeness (QED) is 0.664. The minimum atomic E-state index is -0.537. The van der Waals surface area contributed by atoms with E-state index in [9.17, 15) is 8.78 Å². The van der Waals surface area contributed by atoms with Gasteiger partial charge in [0.25, 0.3) is 0 Å². The average molecular weight is 419 g/mol. The molecule has 0 aliphatic carbocycles.